The SMILES string of the molecule is CC12CC(O)C3=C(C(=O)C(O)=C4/C(=C/NCc5ccccc5)C(=O)OC(CO)C43C)C1CCC2=O.CC=O. The van der Waals surface area contributed by atoms with Crippen molar-refractivity contribution in [2.24, 2.45) is 16.7 Å². The van der Waals surface area contributed by atoms with Crippen LogP contribution in [-0.2, 0) is 30.5 Å². The van der Waals surface area contributed by atoms with E-state index in [1.807, 2.05) is 30.3 Å². The van der Waals surface area contributed by atoms with Gasteiger partial charge in [-0.25, -0.2) is 4.79 Å². The first kappa shape index (κ1) is 27.5. The molecule has 0 bridgehead atoms. The van der Waals surface area contributed by atoms with Gasteiger partial charge < -0.3 is 30.2 Å². The fourth-order valence-electron chi connectivity index (χ4n) is 6.56. The predicted molar refractivity (Wildman–Crippen MR) is 136 cm³/mol. The molecule has 3 aliphatic carbocycles. The number of allylic oxidation sites excluding steroid dienone is 1. The minimum absolute atomic E-state index is 0.0141. The van der Waals surface area contributed by atoms with Crippen molar-refractivity contribution in [2.75, 3.05) is 6.61 Å². The van der Waals surface area contributed by atoms with Crippen LogP contribution in [-0.4, -0.2) is 58.0 Å². The number of ether oxygens (including phenoxy) is 1. The zero-order valence-corrected chi connectivity index (χ0v) is 21.7. The van der Waals surface area contributed by atoms with Crippen molar-refractivity contribution in [1.82, 2.24) is 5.32 Å². The van der Waals surface area contributed by atoms with Crippen LogP contribution in [0.4, 0.5) is 0 Å². The summed E-state index contributed by atoms with van der Waals surface area (Å²) in [5.74, 6) is -2.55. The minimum atomic E-state index is -1.34. The molecule has 1 saturated heterocycles. The maximum Gasteiger partial charge on any atom is 0.340 e. The monoisotopic (exact) mass is 523 g/mol. The largest absolute Gasteiger partial charge is 0.504 e. The standard InChI is InChI=1S/C27H29NO7.C2H4O/c1-26-10-17(30)22-20(16(26)8-9-18(26)31)23(32)24(33)21-15(12-28-11-14-6-4-3-5-7-14)25(34)35-19(13-29)27(21,22)2;1-2-3/h3-7,12,16-17,19,28-30,33H,8-11,13H2,1-2H3;2H,1H3/b15-12-;. The van der Waals surface area contributed by atoms with Crippen molar-refractivity contribution >= 4 is 23.8 Å². The summed E-state index contributed by atoms with van der Waals surface area (Å²) in [6.45, 7) is 4.69. The van der Waals surface area contributed by atoms with Crippen molar-refractivity contribution in [2.45, 2.75) is 58.8 Å². The summed E-state index contributed by atoms with van der Waals surface area (Å²) < 4.78 is 5.60. The number of benzene rings is 1. The fourth-order valence-corrected chi connectivity index (χ4v) is 6.56. The third kappa shape index (κ3) is 4.10. The van der Waals surface area contributed by atoms with E-state index in [1.54, 1.807) is 13.8 Å². The second-order valence-electron chi connectivity index (χ2n) is 10.5. The van der Waals surface area contributed by atoms with Gasteiger partial charge in [-0.1, -0.05) is 37.3 Å². The number of ketones is 2. The topological polar surface area (TPSA) is 150 Å². The van der Waals surface area contributed by atoms with Gasteiger partial charge in [0.05, 0.1) is 23.7 Å². The Hall–Kier alpha value is -3.56. The molecule has 1 heterocycles. The summed E-state index contributed by atoms with van der Waals surface area (Å²) in [4.78, 5) is 48.0. The van der Waals surface area contributed by atoms with Gasteiger partial charge in [0.15, 0.2) is 5.76 Å². The number of hydrogen-bond donors (Lipinski definition) is 4. The maximum absolute atomic E-state index is 13.6. The molecule has 1 aliphatic heterocycles. The maximum atomic E-state index is 13.6. The van der Waals surface area contributed by atoms with E-state index in [-0.39, 0.29) is 28.9 Å². The molecule has 4 N–H and O–H groups in total. The minimum Gasteiger partial charge on any atom is -0.504 e. The molecule has 5 atom stereocenters. The second-order valence-corrected chi connectivity index (χ2v) is 10.5. The highest BCUT2D eigenvalue weighted by Crippen LogP contribution is 2.61. The quantitative estimate of drug-likeness (QED) is 0.265. The van der Waals surface area contributed by atoms with Crippen molar-refractivity contribution in [3.63, 3.8) is 0 Å². The molecule has 4 aliphatic rings. The lowest BCUT2D eigenvalue weighted by atomic mass is 9.53. The van der Waals surface area contributed by atoms with Gasteiger partial charge in [-0.2, -0.15) is 0 Å². The Morgan fingerprint density at radius 1 is 1.16 bits per heavy atom. The molecule has 38 heavy (non-hydrogen) atoms. The summed E-state index contributed by atoms with van der Waals surface area (Å²) in [7, 11) is 0. The first-order valence-electron chi connectivity index (χ1n) is 12.7. The Bertz CT molecular complexity index is 1260. The first-order valence-corrected chi connectivity index (χ1v) is 12.7. The van der Waals surface area contributed by atoms with Gasteiger partial charge in [0.1, 0.15) is 18.2 Å². The highest BCUT2D eigenvalue weighted by molar-refractivity contribution is 6.13. The Balaban J connectivity index is 0.00000107. The molecule has 202 valence electrons. The van der Waals surface area contributed by atoms with Gasteiger partial charge in [-0.05, 0) is 37.8 Å². The number of carbonyl (C=O) groups excluding carboxylic acids is 4. The smallest absolute Gasteiger partial charge is 0.340 e. The molecule has 2 fully saturated rings. The highest BCUT2D eigenvalue weighted by Gasteiger charge is 2.63. The lowest BCUT2D eigenvalue weighted by molar-refractivity contribution is -0.156. The third-order valence-electron chi connectivity index (χ3n) is 8.37. The van der Waals surface area contributed by atoms with Crippen molar-refractivity contribution in [3.05, 3.63) is 70.1 Å². The number of hydrogen-bond acceptors (Lipinski definition) is 9. The summed E-state index contributed by atoms with van der Waals surface area (Å²) >= 11 is 0. The number of cyclic esters (lactones) is 1. The van der Waals surface area contributed by atoms with E-state index < -0.39 is 53.1 Å². The molecule has 1 aromatic rings. The van der Waals surface area contributed by atoms with Gasteiger partial charge >= 0.3 is 5.97 Å². The molecule has 9 nitrogen and oxygen atoms in total. The van der Waals surface area contributed by atoms with E-state index in [0.717, 1.165) is 11.8 Å². The van der Waals surface area contributed by atoms with Crippen molar-refractivity contribution < 1.29 is 39.2 Å². The number of fused-ring (bicyclic) bond motifs is 4. The average Bonchev–Trinajstić information content (AvgIpc) is 3.18. The van der Waals surface area contributed by atoms with E-state index in [4.69, 9.17) is 9.53 Å². The van der Waals surface area contributed by atoms with Gasteiger partial charge in [-0.15, -0.1) is 0 Å². The summed E-state index contributed by atoms with van der Waals surface area (Å²) in [5.41, 5.74) is -0.750. The Morgan fingerprint density at radius 2 is 1.82 bits per heavy atom. The predicted octanol–water partition coefficient (Wildman–Crippen LogP) is 2.23. The van der Waals surface area contributed by atoms with Gasteiger partial charge in [0, 0.05) is 41.6 Å². The molecule has 0 spiro atoms. The van der Waals surface area contributed by atoms with E-state index in [2.05, 4.69) is 5.32 Å². The molecular formula is C29H33NO8. The Kier molecular flexibility index (Phi) is 7.45. The number of Topliss-reactive ketones (excluding diaryl/α,β-unsaturated/α-hetero) is 2. The molecular weight excluding hydrogens is 490 g/mol. The van der Waals surface area contributed by atoms with Gasteiger partial charge in [0.25, 0.3) is 0 Å². The molecule has 1 saturated carbocycles. The average molecular weight is 524 g/mol. The van der Waals surface area contributed by atoms with Crippen LogP contribution in [0.5, 0.6) is 0 Å². The number of esters is 1. The zero-order chi connectivity index (χ0) is 27.8. The zero-order valence-electron chi connectivity index (χ0n) is 21.7. The lowest BCUT2D eigenvalue weighted by Gasteiger charge is -2.52. The molecule has 9 heteroatoms. The van der Waals surface area contributed by atoms with Crippen LogP contribution < -0.4 is 5.32 Å². The van der Waals surface area contributed by atoms with E-state index in [1.165, 1.54) is 13.1 Å². The number of aldehydes is 1. The van der Waals surface area contributed by atoms with E-state index in [0.29, 0.717) is 25.0 Å². The van der Waals surface area contributed by atoms with Gasteiger partial charge in [0.2, 0.25) is 5.78 Å². The normalized spacial score (nSPS) is 33.1. The molecule has 5 rings (SSSR count). The highest BCUT2D eigenvalue weighted by atomic mass is 16.6. The summed E-state index contributed by atoms with van der Waals surface area (Å²) in [6, 6.07) is 9.48. The second kappa shape index (κ2) is 10.3. The molecule has 0 radical (unpaired) electrons. The van der Waals surface area contributed by atoms with E-state index >= 15 is 0 Å². The lowest BCUT2D eigenvalue weighted by Crippen LogP contribution is -2.56. The molecule has 1 aromatic carbocycles. The van der Waals surface area contributed by atoms with Crippen LogP contribution in [0.3, 0.4) is 0 Å². The van der Waals surface area contributed by atoms with E-state index in [9.17, 15) is 29.7 Å². The van der Waals surface area contributed by atoms with Crippen LogP contribution in [0, 0.1) is 16.7 Å². The molecule has 0 aromatic heterocycles. The first-order chi connectivity index (χ1) is 18.1. The molecule has 0 amide bonds. The van der Waals surface area contributed by atoms with Crippen LogP contribution in [0.25, 0.3) is 0 Å². The Morgan fingerprint density at radius 3 is 2.45 bits per heavy atom. The Labute approximate surface area is 220 Å². The summed E-state index contributed by atoms with van der Waals surface area (Å²) in [6.07, 6.45) is 0.727. The van der Waals surface area contributed by atoms with Crippen molar-refractivity contribution in [1.29, 1.82) is 0 Å². The number of carbonyl (C=O) groups is 4. The fraction of sp³-hybridized carbons (Fsp3) is 0.448. The number of aliphatic hydroxyl groups is 3. The van der Waals surface area contributed by atoms with Crippen LogP contribution in [0.15, 0.2) is 64.6 Å². The number of rotatable bonds is 4. The number of aliphatic hydroxyl groups excluding tert-OH is 3. The summed E-state index contributed by atoms with van der Waals surface area (Å²) in [5, 5.41) is 35.8. The molecule has 5 unspecified atom stereocenters. The third-order valence-corrected chi connectivity index (χ3v) is 8.37. The van der Waals surface area contributed by atoms with Crippen LogP contribution in [0.2, 0.25) is 0 Å². The van der Waals surface area contributed by atoms with Crippen molar-refractivity contribution in [3.8, 4) is 0 Å². The number of nitrogens with one attached hydrogen (secondary N) is 1. The van der Waals surface area contributed by atoms with Crippen LogP contribution in [0.1, 0.15) is 45.6 Å². The van der Waals surface area contributed by atoms with Crippen LogP contribution >= 0.6 is 0 Å². The van der Waals surface area contributed by atoms with Gasteiger partial charge in [-0.3, -0.25) is 9.59 Å².